The first kappa shape index (κ1) is 13.3. The van der Waals surface area contributed by atoms with E-state index in [9.17, 15) is 9.59 Å². The molecule has 0 aliphatic heterocycles. The number of carbonyl (C=O) groups is 1. The molecule has 0 amide bonds. The number of rotatable bonds is 4. The molecule has 2 aromatic rings. The highest BCUT2D eigenvalue weighted by Crippen LogP contribution is 2.21. The summed E-state index contributed by atoms with van der Waals surface area (Å²) in [6.07, 6.45) is 1.66. The second-order valence-electron chi connectivity index (χ2n) is 5.18. The Morgan fingerprint density at radius 1 is 1.37 bits per heavy atom. The smallest absolute Gasteiger partial charge is 0.309 e. The number of para-hydroxylation sites is 2. The van der Waals surface area contributed by atoms with Crippen molar-refractivity contribution in [3.05, 3.63) is 40.8 Å². The van der Waals surface area contributed by atoms with Crippen molar-refractivity contribution in [3.63, 3.8) is 0 Å². The predicted octanol–water partition coefficient (Wildman–Crippen LogP) is 1.90. The number of hydrogen-bond acceptors (Lipinski definition) is 3. The first-order chi connectivity index (χ1) is 8.92. The van der Waals surface area contributed by atoms with Crippen molar-refractivity contribution >= 4 is 17.0 Å². The van der Waals surface area contributed by atoms with Gasteiger partial charge in [-0.1, -0.05) is 12.1 Å². The van der Waals surface area contributed by atoms with Crippen LogP contribution in [0.1, 0.15) is 20.3 Å². The lowest BCUT2D eigenvalue weighted by molar-refractivity contribution is -0.147. The Morgan fingerprint density at radius 2 is 2.05 bits per heavy atom. The third-order valence-corrected chi connectivity index (χ3v) is 3.29. The van der Waals surface area contributed by atoms with E-state index in [1.807, 2.05) is 24.3 Å². The van der Waals surface area contributed by atoms with Crippen molar-refractivity contribution in [2.75, 3.05) is 0 Å². The van der Waals surface area contributed by atoms with Crippen LogP contribution in [0.15, 0.2) is 35.3 Å². The third kappa shape index (κ3) is 2.65. The maximum absolute atomic E-state index is 11.9. The van der Waals surface area contributed by atoms with Crippen LogP contribution in [-0.2, 0) is 11.3 Å². The molecule has 0 radical (unpaired) electrons. The number of carboxylic acids is 1. The van der Waals surface area contributed by atoms with Gasteiger partial charge in [0.1, 0.15) is 0 Å². The van der Waals surface area contributed by atoms with Crippen molar-refractivity contribution in [1.29, 1.82) is 0 Å². The fraction of sp³-hybridized carbons (Fsp3) is 0.357. The summed E-state index contributed by atoms with van der Waals surface area (Å²) in [4.78, 5) is 27.0. The SMILES string of the molecule is CC(C)(CCn1c(=O)cnc2ccccc21)C(=O)O. The molecule has 1 aromatic carbocycles. The van der Waals surface area contributed by atoms with Crippen molar-refractivity contribution < 1.29 is 9.90 Å². The molecule has 1 N–H and O–H groups in total. The van der Waals surface area contributed by atoms with E-state index < -0.39 is 11.4 Å². The Kier molecular flexibility index (Phi) is 3.38. The van der Waals surface area contributed by atoms with Crippen LogP contribution in [0.5, 0.6) is 0 Å². The van der Waals surface area contributed by atoms with E-state index in [2.05, 4.69) is 4.98 Å². The second kappa shape index (κ2) is 4.84. The minimum Gasteiger partial charge on any atom is -0.481 e. The van der Waals surface area contributed by atoms with Gasteiger partial charge < -0.3 is 9.67 Å². The lowest BCUT2D eigenvalue weighted by Gasteiger charge is -2.20. The Balaban J connectivity index is 2.38. The molecule has 0 bridgehead atoms. The monoisotopic (exact) mass is 260 g/mol. The van der Waals surface area contributed by atoms with E-state index in [0.29, 0.717) is 13.0 Å². The van der Waals surface area contributed by atoms with E-state index in [1.54, 1.807) is 18.4 Å². The summed E-state index contributed by atoms with van der Waals surface area (Å²) in [6, 6.07) is 7.33. The van der Waals surface area contributed by atoms with Crippen molar-refractivity contribution in [2.24, 2.45) is 5.41 Å². The average molecular weight is 260 g/mol. The minimum absolute atomic E-state index is 0.208. The zero-order valence-corrected chi connectivity index (χ0v) is 11.0. The van der Waals surface area contributed by atoms with E-state index in [4.69, 9.17) is 5.11 Å². The third-order valence-electron chi connectivity index (χ3n) is 3.29. The second-order valence-corrected chi connectivity index (χ2v) is 5.18. The van der Waals surface area contributed by atoms with E-state index in [1.165, 1.54) is 6.20 Å². The number of carboxylic acid groups (broad SMARTS) is 1. The highest BCUT2D eigenvalue weighted by Gasteiger charge is 2.26. The Labute approximate surface area is 110 Å². The van der Waals surface area contributed by atoms with Crippen molar-refractivity contribution in [3.8, 4) is 0 Å². The molecule has 1 aromatic heterocycles. The molecule has 0 saturated carbocycles. The van der Waals surface area contributed by atoms with Gasteiger partial charge in [0.2, 0.25) is 0 Å². The summed E-state index contributed by atoms with van der Waals surface area (Å²) in [5.74, 6) is -0.862. The summed E-state index contributed by atoms with van der Waals surface area (Å²) in [7, 11) is 0. The summed E-state index contributed by atoms with van der Waals surface area (Å²) in [5, 5.41) is 9.10. The first-order valence-electron chi connectivity index (χ1n) is 6.10. The maximum Gasteiger partial charge on any atom is 0.309 e. The number of aryl methyl sites for hydroxylation is 1. The summed E-state index contributed by atoms with van der Waals surface area (Å²) in [6.45, 7) is 3.68. The van der Waals surface area contributed by atoms with E-state index >= 15 is 0 Å². The van der Waals surface area contributed by atoms with Gasteiger partial charge >= 0.3 is 5.97 Å². The molecule has 100 valence electrons. The Morgan fingerprint density at radius 3 is 2.74 bits per heavy atom. The van der Waals surface area contributed by atoms with Crippen LogP contribution in [0.2, 0.25) is 0 Å². The topological polar surface area (TPSA) is 72.2 Å². The van der Waals surface area contributed by atoms with Crippen LogP contribution in [0, 0.1) is 5.41 Å². The zero-order chi connectivity index (χ0) is 14.0. The van der Waals surface area contributed by atoms with Gasteiger partial charge in [0, 0.05) is 6.54 Å². The summed E-state index contributed by atoms with van der Waals surface area (Å²) in [5.41, 5.74) is 0.399. The standard InChI is InChI=1S/C14H16N2O3/c1-14(2,13(18)19)7-8-16-11-6-4-3-5-10(11)15-9-12(16)17/h3-6,9H,7-8H2,1-2H3,(H,18,19). The first-order valence-corrected chi connectivity index (χ1v) is 6.10. The van der Waals surface area contributed by atoms with Crippen molar-refractivity contribution in [2.45, 2.75) is 26.8 Å². The lowest BCUT2D eigenvalue weighted by atomic mass is 9.89. The molecule has 1 heterocycles. The van der Waals surface area contributed by atoms with Gasteiger partial charge in [-0.3, -0.25) is 9.59 Å². The Hall–Kier alpha value is -2.17. The molecule has 0 fully saturated rings. The van der Waals surface area contributed by atoms with E-state index in [0.717, 1.165) is 11.0 Å². The summed E-state index contributed by atoms with van der Waals surface area (Å²) < 4.78 is 1.58. The number of aliphatic carboxylic acids is 1. The largest absolute Gasteiger partial charge is 0.481 e. The molecule has 0 saturated heterocycles. The van der Waals surface area contributed by atoms with Gasteiger partial charge in [-0.15, -0.1) is 0 Å². The van der Waals surface area contributed by atoms with Crippen molar-refractivity contribution in [1.82, 2.24) is 9.55 Å². The fourth-order valence-electron chi connectivity index (χ4n) is 1.84. The fourth-order valence-corrected chi connectivity index (χ4v) is 1.84. The van der Waals surface area contributed by atoms with Gasteiger partial charge in [-0.2, -0.15) is 0 Å². The quantitative estimate of drug-likeness (QED) is 0.911. The molecular formula is C14H16N2O3. The lowest BCUT2D eigenvalue weighted by Crippen LogP contribution is -2.28. The molecular weight excluding hydrogens is 244 g/mol. The number of fused-ring (bicyclic) bond motifs is 1. The van der Waals surface area contributed by atoms with Crippen LogP contribution >= 0.6 is 0 Å². The molecule has 2 rings (SSSR count). The van der Waals surface area contributed by atoms with Gasteiger partial charge in [-0.25, -0.2) is 4.98 Å². The van der Waals surface area contributed by atoms with Crippen LogP contribution < -0.4 is 5.56 Å². The van der Waals surface area contributed by atoms with Crippen LogP contribution in [0.3, 0.4) is 0 Å². The zero-order valence-electron chi connectivity index (χ0n) is 11.0. The molecule has 0 atom stereocenters. The Bertz CT molecular complexity index is 674. The van der Waals surface area contributed by atoms with Crippen LogP contribution in [0.25, 0.3) is 11.0 Å². The molecule has 0 aliphatic rings. The summed E-state index contributed by atoms with van der Waals surface area (Å²) >= 11 is 0. The molecule has 5 nitrogen and oxygen atoms in total. The van der Waals surface area contributed by atoms with Crippen LogP contribution in [-0.4, -0.2) is 20.6 Å². The van der Waals surface area contributed by atoms with Gasteiger partial charge in [0.05, 0.1) is 22.6 Å². The number of aromatic nitrogens is 2. The number of nitrogens with zero attached hydrogens (tertiary/aromatic N) is 2. The van der Waals surface area contributed by atoms with Gasteiger partial charge in [0.25, 0.3) is 5.56 Å². The number of hydrogen-bond donors (Lipinski definition) is 1. The number of benzene rings is 1. The van der Waals surface area contributed by atoms with E-state index in [-0.39, 0.29) is 5.56 Å². The van der Waals surface area contributed by atoms with Gasteiger partial charge in [-0.05, 0) is 32.4 Å². The maximum atomic E-state index is 11.9. The molecule has 5 heteroatoms. The average Bonchev–Trinajstić information content (AvgIpc) is 2.37. The minimum atomic E-state index is -0.862. The highest BCUT2D eigenvalue weighted by molar-refractivity contribution is 5.74. The van der Waals surface area contributed by atoms with Gasteiger partial charge in [0.15, 0.2) is 0 Å². The predicted molar refractivity (Wildman–Crippen MR) is 72.0 cm³/mol. The molecule has 0 spiro atoms. The molecule has 0 unspecified atom stereocenters. The molecule has 19 heavy (non-hydrogen) atoms. The van der Waals surface area contributed by atoms with Crippen LogP contribution in [0.4, 0.5) is 0 Å². The molecule has 0 aliphatic carbocycles. The highest BCUT2D eigenvalue weighted by atomic mass is 16.4. The normalized spacial score (nSPS) is 11.7.